The number of nitrogens with one attached hydrogen (secondary N) is 2. The van der Waals surface area contributed by atoms with Crippen LogP contribution in [-0.4, -0.2) is 29.2 Å². The summed E-state index contributed by atoms with van der Waals surface area (Å²) >= 11 is 8.40. The number of hydrazone groups is 1. The van der Waals surface area contributed by atoms with Crippen molar-refractivity contribution in [2.45, 2.75) is 20.3 Å². The average Bonchev–Trinajstić information content (AvgIpc) is 3.38. The summed E-state index contributed by atoms with van der Waals surface area (Å²) in [6, 6.07) is 10.4. The monoisotopic (exact) mass is 461 g/mol. The summed E-state index contributed by atoms with van der Waals surface area (Å²) in [4.78, 5) is 25.9. The Kier molecular flexibility index (Phi) is 7.25. The van der Waals surface area contributed by atoms with Crippen molar-refractivity contribution in [1.82, 2.24) is 10.7 Å². The third kappa shape index (κ3) is 5.08. The van der Waals surface area contributed by atoms with Crippen molar-refractivity contribution in [1.29, 1.82) is 0 Å². The van der Waals surface area contributed by atoms with E-state index in [1.54, 1.807) is 36.6 Å². The number of nitrogens with zero attached hydrogens (tertiary/aromatic N) is 1. The Hall–Kier alpha value is -2.68. The average molecular weight is 462 g/mol. The summed E-state index contributed by atoms with van der Waals surface area (Å²) < 4.78 is 0. The van der Waals surface area contributed by atoms with Gasteiger partial charge in [0.15, 0.2) is 0 Å². The number of thiophene rings is 2. The normalized spacial score (nSPS) is 11.4. The summed E-state index contributed by atoms with van der Waals surface area (Å²) in [5, 5.41) is 19.9. The number of hydrogen-bond acceptors (Lipinski definition) is 6. The van der Waals surface area contributed by atoms with Crippen LogP contribution in [0.5, 0.6) is 5.75 Å². The van der Waals surface area contributed by atoms with Gasteiger partial charge in [0.05, 0.1) is 25.9 Å². The SMILES string of the molecule is CCCNC(=O)c1ccc(C(=O)N/N=C(\C)c2csc(-c3ccc(Cl)cc3)c2O)s1. The summed E-state index contributed by atoms with van der Waals surface area (Å²) in [5.74, 6) is -0.510. The molecule has 0 unspecified atom stereocenters. The van der Waals surface area contributed by atoms with E-state index < -0.39 is 5.91 Å². The fourth-order valence-corrected chi connectivity index (χ4v) is 4.52. The maximum Gasteiger partial charge on any atom is 0.281 e. The highest BCUT2D eigenvalue weighted by atomic mass is 35.5. The number of halogens is 1. The van der Waals surface area contributed by atoms with Crippen LogP contribution in [0.4, 0.5) is 0 Å². The molecule has 30 heavy (non-hydrogen) atoms. The van der Waals surface area contributed by atoms with Gasteiger partial charge in [-0.1, -0.05) is 30.7 Å². The minimum absolute atomic E-state index is 0.101. The van der Waals surface area contributed by atoms with Crippen molar-refractivity contribution in [3.05, 3.63) is 62.1 Å². The summed E-state index contributed by atoms with van der Waals surface area (Å²) in [7, 11) is 0. The van der Waals surface area contributed by atoms with E-state index in [1.807, 2.05) is 19.1 Å². The molecule has 6 nitrogen and oxygen atoms in total. The molecule has 2 aromatic heterocycles. The first-order chi connectivity index (χ1) is 14.4. The number of hydrogen-bond donors (Lipinski definition) is 3. The molecule has 0 radical (unpaired) electrons. The summed E-state index contributed by atoms with van der Waals surface area (Å²) in [6.07, 6.45) is 0.841. The van der Waals surface area contributed by atoms with Gasteiger partial charge in [-0.05, 0) is 43.2 Å². The Morgan fingerprint density at radius 1 is 1.10 bits per heavy atom. The molecule has 0 fully saturated rings. The number of carbonyl (C=O) groups excluding carboxylic acids is 2. The third-order valence-electron chi connectivity index (χ3n) is 4.18. The van der Waals surface area contributed by atoms with Crippen LogP contribution in [0.3, 0.4) is 0 Å². The van der Waals surface area contributed by atoms with Gasteiger partial charge in [-0.15, -0.1) is 22.7 Å². The number of aromatic hydroxyl groups is 1. The van der Waals surface area contributed by atoms with E-state index in [2.05, 4.69) is 15.8 Å². The van der Waals surface area contributed by atoms with Crippen LogP contribution < -0.4 is 10.7 Å². The molecule has 3 N–H and O–H groups in total. The second kappa shape index (κ2) is 9.88. The fraction of sp³-hybridized carbons (Fsp3) is 0.190. The lowest BCUT2D eigenvalue weighted by Crippen LogP contribution is -2.23. The highest BCUT2D eigenvalue weighted by molar-refractivity contribution is 7.16. The summed E-state index contributed by atoms with van der Waals surface area (Å²) in [6.45, 7) is 4.26. The molecule has 1 aromatic carbocycles. The Bertz CT molecular complexity index is 1090. The standard InChI is InChI=1S/C21H20ClN3O3S2/c1-3-10-23-20(27)16-8-9-17(30-16)21(28)25-24-12(2)15-11-29-19(18(15)26)13-4-6-14(22)7-5-13/h4-9,11,26H,3,10H2,1-2H3,(H,23,27)(H,25,28)/b24-12+. The molecule has 0 aliphatic heterocycles. The van der Waals surface area contributed by atoms with Gasteiger partial charge in [-0.2, -0.15) is 5.10 Å². The molecule has 0 atom stereocenters. The van der Waals surface area contributed by atoms with Crippen LogP contribution in [0.25, 0.3) is 10.4 Å². The fourth-order valence-electron chi connectivity index (χ4n) is 2.57. The molecule has 156 valence electrons. The highest BCUT2D eigenvalue weighted by Gasteiger charge is 2.16. The second-order valence-corrected chi connectivity index (χ2v) is 8.79. The molecule has 2 amide bonds. The van der Waals surface area contributed by atoms with Gasteiger partial charge < -0.3 is 10.4 Å². The molecule has 0 saturated carbocycles. The maximum atomic E-state index is 12.4. The highest BCUT2D eigenvalue weighted by Crippen LogP contribution is 2.39. The Balaban J connectivity index is 1.69. The minimum Gasteiger partial charge on any atom is -0.506 e. The molecule has 0 aliphatic carbocycles. The summed E-state index contributed by atoms with van der Waals surface area (Å²) in [5.41, 5.74) is 4.33. The molecular weight excluding hydrogens is 442 g/mol. The quantitative estimate of drug-likeness (QED) is 0.336. The lowest BCUT2D eigenvalue weighted by molar-refractivity contribution is 0.0951. The number of amides is 2. The van der Waals surface area contributed by atoms with Gasteiger partial charge in [0.2, 0.25) is 0 Å². The topological polar surface area (TPSA) is 90.8 Å². The lowest BCUT2D eigenvalue weighted by Gasteiger charge is -2.03. The van der Waals surface area contributed by atoms with Gasteiger partial charge in [0, 0.05) is 16.9 Å². The van der Waals surface area contributed by atoms with Crippen molar-refractivity contribution in [2.24, 2.45) is 5.10 Å². The minimum atomic E-state index is -0.415. The van der Waals surface area contributed by atoms with E-state index in [0.717, 1.165) is 23.3 Å². The van der Waals surface area contributed by atoms with Crippen LogP contribution in [0.2, 0.25) is 5.02 Å². The number of benzene rings is 1. The van der Waals surface area contributed by atoms with Crippen molar-refractivity contribution in [3.8, 4) is 16.2 Å². The first-order valence-electron chi connectivity index (χ1n) is 9.20. The van der Waals surface area contributed by atoms with Crippen molar-refractivity contribution >= 4 is 51.8 Å². The van der Waals surface area contributed by atoms with Crippen molar-refractivity contribution < 1.29 is 14.7 Å². The number of carbonyl (C=O) groups is 2. The van der Waals surface area contributed by atoms with Crippen LogP contribution in [0.15, 0.2) is 46.9 Å². The molecule has 9 heteroatoms. The zero-order chi connectivity index (χ0) is 21.7. The van der Waals surface area contributed by atoms with Gasteiger partial charge >= 0.3 is 0 Å². The number of rotatable bonds is 7. The van der Waals surface area contributed by atoms with Crippen LogP contribution in [-0.2, 0) is 0 Å². The van der Waals surface area contributed by atoms with E-state index in [-0.39, 0.29) is 11.7 Å². The third-order valence-corrected chi connectivity index (χ3v) is 6.53. The van der Waals surface area contributed by atoms with Gasteiger partial charge in [0.25, 0.3) is 11.8 Å². The first-order valence-corrected chi connectivity index (χ1v) is 11.3. The molecule has 0 spiro atoms. The molecule has 3 rings (SSSR count). The first kappa shape index (κ1) is 22.0. The van der Waals surface area contributed by atoms with Gasteiger partial charge in [0.1, 0.15) is 5.75 Å². The van der Waals surface area contributed by atoms with Crippen molar-refractivity contribution in [3.63, 3.8) is 0 Å². The van der Waals surface area contributed by atoms with E-state index in [0.29, 0.717) is 37.5 Å². The zero-order valence-electron chi connectivity index (χ0n) is 16.4. The Morgan fingerprint density at radius 2 is 1.77 bits per heavy atom. The second-order valence-electron chi connectivity index (χ2n) is 6.39. The maximum absolute atomic E-state index is 12.4. The van der Waals surface area contributed by atoms with Gasteiger partial charge in [-0.25, -0.2) is 5.43 Å². The lowest BCUT2D eigenvalue weighted by atomic mass is 10.1. The van der Waals surface area contributed by atoms with E-state index >= 15 is 0 Å². The van der Waals surface area contributed by atoms with E-state index in [4.69, 9.17) is 11.6 Å². The van der Waals surface area contributed by atoms with Crippen LogP contribution in [0.1, 0.15) is 45.2 Å². The molecular formula is C21H20ClN3O3S2. The molecule has 0 saturated heterocycles. The van der Waals surface area contributed by atoms with Crippen LogP contribution >= 0.6 is 34.3 Å². The Morgan fingerprint density at radius 3 is 2.43 bits per heavy atom. The van der Waals surface area contributed by atoms with E-state index in [1.165, 1.54) is 11.3 Å². The predicted octanol–water partition coefficient (Wildman–Crippen LogP) is 5.13. The predicted molar refractivity (Wildman–Crippen MR) is 123 cm³/mol. The molecule has 0 bridgehead atoms. The van der Waals surface area contributed by atoms with Crippen molar-refractivity contribution in [2.75, 3.05) is 6.54 Å². The zero-order valence-corrected chi connectivity index (χ0v) is 18.7. The van der Waals surface area contributed by atoms with Gasteiger partial charge in [-0.3, -0.25) is 9.59 Å². The molecule has 3 aromatic rings. The molecule has 2 heterocycles. The smallest absolute Gasteiger partial charge is 0.281 e. The molecule has 0 aliphatic rings. The largest absolute Gasteiger partial charge is 0.506 e. The van der Waals surface area contributed by atoms with Crippen LogP contribution in [0, 0.1) is 0 Å². The Labute approximate surface area is 187 Å². The van der Waals surface area contributed by atoms with E-state index in [9.17, 15) is 14.7 Å².